The molecule has 2 fully saturated rings. The number of benzene rings is 2. The fourth-order valence-corrected chi connectivity index (χ4v) is 6.67. The van der Waals surface area contributed by atoms with Crippen LogP contribution in [0.3, 0.4) is 0 Å². The average molecular weight is 538 g/mol. The van der Waals surface area contributed by atoms with Crippen molar-refractivity contribution in [1.82, 2.24) is 14.5 Å². The van der Waals surface area contributed by atoms with Crippen LogP contribution in [0.25, 0.3) is 0 Å². The van der Waals surface area contributed by atoms with Crippen molar-refractivity contribution >= 4 is 17.7 Å². The first kappa shape index (κ1) is 23.5. The molecule has 2 atom stereocenters. The smallest absolute Gasteiger partial charge is 0.273 e. The van der Waals surface area contributed by atoms with Gasteiger partial charge < -0.3 is 14.7 Å². The summed E-state index contributed by atoms with van der Waals surface area (Å²) in [6.07, 6.45) is 2.79. The molecule has 4 heterocycles. The van der Waals surface area contributed by atoms with Gasteiger partial charge in [-0.3, -0.25) is 24.6 Å². The van der Waals surface area contributed by atoms with Crippen LogP contribution in [-0.4, -0.2) is 51.9 Å². The highest BCUT2D eigenvalue weighted by atomic mass is 32.2. The Morgan fingerprint density at radius 2 is 1.89 bits per heavy atom. The first-order chi connectivity index (χ1) is 18.4. The highest BCUT2D eigenvalue weighted by Crippen LogP contribution is 2.39. The third kappa shape index (κ3) is 3.75. The topological polar surface area (TPSA) is 89.9 Å². The quantitative estimate of drug-likeness (QED) is 0.550. The number of rotatable bonds is 3. The van der Waals surface area contributed by atoms with Crippen molar-refractivity contribution < 1.29 is 23.4 Å². The number of hydrogen-bond acceptors (Lipinski definition) is 7. The predicted molar refractivity (Wildman–Crippen MR) is 134 cm³/mol. The van der Waals surface area contributed by atoms with Gasteiger partial charge in [-0.25, -0.2) is 8.78 Å². The molecule has 1 saturated carbocycles. The number of piperazine rings is 1. The third-order valence-electron chi connectivity index (χ3n) is 7.67. The van der Waals surface area contributed by atoms with Crippen LogP contribution in [0, 0.1) is 11.6 Å². The van der Waals surface area contributed by atoms with Gasteiger partial charge in [0.25, 0.3) is 5.91 Å². The number of pyridine rings is 1. The van der Waals surface area contributed by atoms with Gasteiger partial charge in [0.15, 0.2) is 29.5 Å². The molecule has 1 amide bonds. The number of hydrogen-bond donors (Lipinski definition) is 1. The minimum absolute atomic E-state index is 0.197. The Morgan fingerprint density at radius 3 is 2.71 bits per heavy atom. The number of fused-ring (bicyclic) bond motifs is 4. The second-order valence-corrected chi connectivity index (χ2v) is 11.0. The number of halogens is 2. The van der Waals surface area contributed by atoms with Gasteiger partial charge in [0.1, 0.15) is 11.4 Å². The number of nitrogens with one attached hydrogen (secondary N) is 1. The van der Waals surface area contributed by atoms with Gasteiger partial charge >= 0.3 is 0 Å². The monoisotopic (exact) mass is 537 g/mol. The van der Waals surface area contributed by atoms with E-state index in [-0.39, 0.29) is 5.69 Å². The first-order valence-corrected chi connectivity index (χ1v) is 13.5. The molecular formula is C27H23F2N4O4S-. The summed E-state index contributed by atoms with van der Waals surface area (Å²) in [6, 6.07) is 10.00. The molecule has 1 N–H and O–H groups in total. The van der Waals surface area contributed by atoms with Crippen molar-refractivity contribution in [3.8, 4) is 11.5 Å². The van der Waals surface area contributed by atoms with Crippen molar-refractivity contribution in [3.05, 3.63) is 86.8 Å². The zero-order chi connectivity index (χ0) is 26.1. The summed E-state index contributed by atoms with van der Waals surface area (Å²) in [4.78, 5) is 30.0. The third-order valence-corrected chi connectivity index (χ3v) is 8.81. The molecule has 3 aromatic rings. The molecule has 196 valence electrons. The van der Waals surface area contributed by atoms with E-state index in [2.05, 4.69) is 10.3 Å². The van der Waals surface area contributed by atoms with Gasteiger partial charge in [0.2, 0.25) is 0 Å². The van der Waals surface area contributed by atoms with Crippen LogP contribution in [0.2, 0.25) is 0 Å². The molecule has 2 aromatic carbocycles. The summed E-state index contributed by atoms with van der Waals surface area (Å²) in [7, 11) is 0. The first-order valence-electron chi connectivity index (χ1n) is 12.5. The molecule has 11 heteroatoms. The number of carbonyl (C=O) groups excluding carboxylic acids is 1. The molecule has 0 bridgehead atoms. The van der Waals surface area contributed by atoms with E-state index in [4.69, 9.17) is 4.74 Å². The number of thioether (sulfide) groups is 1. The standard InChI is InChI=1S/C27H24F2N4O4S/c28-19-5-1-14-11-15-12-17(4-6-21(15)38-13-18(14)22(19)29)37-27-25-30-33-8-7-20(34)24(35)23(33)26(36)32(25)10-9-31(27)16-2-3-16/h1,4-8,12,16,25,27,30,35H,2-3,9-11,13H2/p-1. The molecular weight excluding hydrogens is 514 g/mol. The van der Waals surface area contributed by atoms with E-state index in [1.165, 1.54) is 28.7 Å². The Hall–Kier alpha value is -3.57. The van der Waals surface area contributed by atoms with Crippen LogP contribution in [0.15, 0.2) is 52.3 Å². The maximum absolute atomic E-state index is 14.4. The minimum atomic E-state index is -0.842. The van der Waals surface area contributed by atoms with E-state index in [0.717, 1.165) is 34.9 Å². The summed E-state index contributed by atoms with van der Waals surface area (Å²) in [5.41, 5.74) is 4.38. The molecule has 0 spiro atoms. The molecule has 8 nitrogen and oxygen atoms in total. The lowest BCUT2D eigenvalue weighted by atomic mass is 10.00. The van der Waals surface area contributed by atoms with Gasteiger partial charge in [0.05, 0.1) is 0 Å². The van der Waals surface area contributed by atoms with Crippen molar-refractivity contribution in [3.63, 3.8) is 0 Å². The summed E-state index contributed by atoms with van der Waals surface area (Å²) in [5, 5.41) is 12.4. The summed E-state index contributed by atoms with van der Waals surface area (Å²) >= 11 is 1.46. The predicted octanol–water partition coefficient (Wildman–Crippen LogP) is 2.61. The van der Waals surface area contributed by atoms with Gasteiger partial charge in [-0.05, 0) is 60.4 Å². The van der Waals surface area contributed by atoms with E-state index < -0.39 is 41.1 Å². The normalized spacial score (nSPS) is 22.5. The van der Waals surface area contributed by atoms with Crippen molar-refractivity contribution in [2.75, 3.05) is 18.5 Å². The van der Waals surface area contributed by atoms with Gasteiger partial charge in [0, 0.05) is 47.6 Å². The molecule has 38 heavy (non-hydrogen) atoms. The Kier molecular flexibility index (Phi) is 5.41. The Morgan fingerprint density at radius 1 is 1.05 bits per heavy atom. The summed E-state index contributed by atoms with van der Waals surface area (Å²) in [6.45, 7) is 0.971. The molecule has 1 saturated heterocycles. The largest absolute Gasteiger partial charge is 0.868 e. The van der Waals surface area contributed by atoms with Crippen LogP contribution in [0.5, 0.6) is 11.5 Å². The number of aromatic nitrogens is 1. The van der Waals surface area contributed by atoms with Crippen LogP contribution in [0.1, 0.15) is 40.0 Å². The zero-order valence-corrected chi connectivity index (χ0v) is 21.0. The van der Waals surface area contributed by atoms with Crippen molar-refractivity contribution in [2.45, 2.75) is 48.3 Å². The Bertz CT molecular complexity index is 1540. The minimum Gasteiger partial charge on any atom is -0.868 e. The van der Waals surface area contributed by atoms with E-state index >= 15 is 0 Å². The lowest BCUT2D eigenvalue weighted by molar-refractivity contribution is -0.271. The van der Waals surface area contributed by atoms with Gasteiger partial charge in [-0.1, -0.05) is 6.07 Å². The molecule has 4 aliphatic rings. The number of ether oxygens (including phenoxy) is 1. The average Bonchev–Trinajstić information content (AvgIpc) is 3.76. The van der Waals surface area contributed by atoms with Crippen LogP contribution >= 0.6 is 11.8 Å². The molecule has 0 radical (unpaired) electrons. The van der Waals surface area contributed by atoms with Crippen LogP contribution < -0.4 is 20.7 Å². The van der Waals surface area contributed by atoms with Gasteiger partial charge in [-0.15, -0.1) is 11.8 Å². The molecule has 1 aromatic heterocycles. The molecule has 3 aliphatic heterocycles. The van der Waals surface area contributed by atoms with E-state index in [1.807, 2.05) is 18.2 Å². The van der Waals surface area contributed by atoms with E-state index in [9.17, 15) is 23.5 Å². The molecule has 1 aliphatic carbocycles. The van der Waals surface area contributed by atoms with Gasteiger partial charge in [-0.2, -0.15) is 0 Å². The maximum Gasteiger partial charge on any atom is 0.273 e. The molecule has 7 rings (SSSR count). The number of nitrogens with zero attached hydrogens (tertiary/aromatic N) is 3. The lowest BCUT2D eigenvalue weighted by Gasteiger charge is -2.50. The fourth-order valence-electron chi connectivity index (χ4n) is 5.58. The van der Waals surface area contributed by atoms with E-state index in [0.29, 0.717) is 42.6 Å². The Balaban J connectivity index is 1.22. The second-order valence-electron chi connectivity index (χ2n) is 10.0. The fraction of sp³-hybridized carbons (Fsp3) is 0.333. The highest BCUT2D eigenvalue weighted by molar-refractivity contribution is 7.98. The molecule has 2 unspecified atom stereocenters. The lowest BCUT2D eigenvalue weighted by Crippen LogP contribution is -2.69. The maximum atomic E-state index is 14.4. The van der Waals surface area contributed by atoms with Crippen LogP contribution in [-0.2, 0) is 12.2 Å². The Labute approximate surface area is 220 Å². The van der Waals surface area contributed by atoms with Crippen molar-refractivity contribution in [2.24, 2.45) is 0 Å². The highest BCUT2D eigenvalue weighted by Gasteiger charge is 2.48. The SMILES string of the molecule is O=C1c2c([O-])c(=O)ccn2NC2C(Oc3ccc4c(c3)Cc3ccc(F)c(F)c3CS4)N(C3CC3)CCN12. The summed E-state index contributed by atoms with van der Waals surface area (Å²) in [5.74, 6) is -2.02. The number of amides is 1. The summed E-state index contributed by atoms with van der Waals surface area (Å²) < 4.78 is 36.2. The second kappa shape index (κ2) is 8.74. The number of carbonyl (C=O) groups is 1. The zero-order valence-electron chi connectivity index (χ0n) is 20.2. The van der Waals surface area contributed by atoms with Crippen molar-refractivity contribution in [1.29, 1.82) is 0 Å². The van der Waals surface area contributed by atoms with E-state index in [1.54, 1.807) is 11.0 Å². The van der Waals surface area contributed by atoms with Crippen LogP contribution in [0.4, 0.5) is 8.78 Å².